The normalized spacial score (nSPS) is 9.89. The van der Waals surface area contributed by atoms with Crippen LogP contribution in [-0.2, 0) is 0 Å². The van der Waals surface area contributed by atoms with Gasteiger partial charge in [-0.2, -0.15) is 5.26 Å². The highest BCUT2D eigenvalue weighted by Crippen LogP contribution is 2.28. The number of nitrogens with one attached hydrogen (secondary N) is 1. The van der Waals surface area contributed by atoms with E-state index in [-0.39, 0.29) is 5.56 Å². The lowest BCUT2D eigenvalue weighted by molar-refractivity contribution is 0.624. The molecule has 0 saturated heterocycles. The fourth-order valence-corrected chi connectivity index (χ4v) is 2.20. The summed E-state index contributed by atoms with van der Waals surface area (Å²) in [6.45, 7) is 1.98. The molecule has 2 rings (SSSR count). The minimum atomic E-state index is -0.522. The molecule has 0 aromatic heterocycles. The Bertz CT molecular complexity index is 632. The van der Waals surface area contributed by atoms with Gasteiger partial charge in [-0.15, -0.1) is 0 Å². The summed E-state index contributed by atoms with van der Waals surface area (Å²) in [5, 5.41) is 12.0. The standard InChI is InChI=1S/C14H10BrFN2/c1-9-5-6-14(11(15)7-9)18-13-4-2-3-12(16)10(13)8-17/h2-7,18H,1H3. The minimum absolute atomic E-state index is 0.0185. The highest BCUT2D eigenvalue weighted by Gasteiger charge is 2.09. The van der Waals surface area contributed by atoms with Crippen molar-refractivity contribution in [2.75, 3.05) is 5.32 Å². The molecule has 0 aliphatic rings. The summed E-state index contributed by atoms with van der Waals surface area (Å²) < 4.78 is 14.3. The summed E-state index contributed by atoms with van der Waals surface area (Å²) in [6.07, 6.45) is 0. The predicted molar refractivity (Wildman–Crippen MR) is 73.3 cm³/mol. The molecule has 0 fully saturated rings. The number of anilines is 2. The molecule has 0 aliphatic heterocycles. The number of aryl methyl sites for hydroxylation is 1. The molecule has 0 atom stereocenters. The van der Waals surface area contributed by atoms with Crippen LogP contribution in [0.25, 0.3) is 0 Å². The van der Waals surface area contributed by atoms with Crippen molar-refractivity contribution >= 4 is 27.3 Å². The second-order valence-electron chi connectivity index (χ2n) is 3.88. The Labute approximate surface area is 113 Å². The van der Waals surface area contributed by atoms with Gasteiger partial charge in [-0.1, -0.05) is 12.1 Å². The molecule has 2 nitrogen and oxygen atoms in total. The monoisotopic (exact) mass is 304 g/mol. The molecule has 2 aromatic carbocycles. The molecule has 0 bridgehead atoms. The van der Waals surface area contributed by atoms with Crippen LogP contribution in [0.15, 0.2) is 40.9 Å². The van der Waals surface area contributed by atoms with Crippen LogP contribution in [0.3, 0.4) is 0 Å². The Kier molecular flexibility index (Phi) is 3.63. The molecule has 1 N–H and O–H groups in total. The number of hydrogen-bond acceptors (Lipinski definition) is 2. The van der Waals surface area contributed by atoms with Crippen LogP contribution in [0.2, 0.25) is 0 Å². The zero-order chi connectivity index (χ0) is 13.1. The van der Waals surface area contributed by atoms with Crippen molar-refractivity contribution in [1.82, 2.24) is 0 Å². The van der Waals surface area contributed by atoms with E-state index in [1.807, 2.05) is 31.2 Å². The van der Waals surface area contributed by atoms with Crippen LogP contribution < -0.4 is 5.32 Å². The maximum absolute atomic E-state index is 13.4. The van der Waals surface area contributed by atoms with Gasteiger partial charge in [-0.3, -0.25) is 0 Å². The maximum atomic E-state index is 13.4. The van der Waals surface area contributed by atoms with Crippen LogP contribution in [0.4, 0.5) is 15.8 Å². The highest BCUT2D eigenvalue weighted by molar-refractivity contribution is 9.10. The molecule has 0 aliphatic carbocycles. The van der Waals surface area contributed by atoms with E-state index in [4.69, 9.17) is 5.26 Å². The molecule has 0 spiro atoms. The lowest BCUT2D eigenvalue weighted by atomic mass is 10.1. The molecule has 0 saturated carbocycles. The van der Waals surface area contributed by atoms with Gasteiger partial charge >= 0.3 is 0 Å². The van der Waals surface area contributed by atoms with E-state index < -0.39 is 5.82 Å². The third-order valence-corrected chi connectivity index (χ3v) is 3.18. The molecule has 0 radical (unpaired) electrons. The molecular formula is C14H10BrFN2. The van der Waals surface area contributed by atoms with Gasteiger partial charge in [0.15, 0.2) is 0 Å². The topological polar surface area (TPSA) is 35.8 Å². The Balaban J connectivity index is 2.41. The first-order valence-electron chi connectivity index (χ1n) is 5.33. The van der Waals surface area contributed by atoms with Crippen molar-refractivity contribution in [1.29, 1.82) is 5.26 Å². The van der Waals surface area contributed by atoms with Gasteiger partial charge in [0, 0.05) is 4.47 Å². The molecule has 18 heavy (non-hydrogen) atoms. The van der Waals surface area contributed by atoms with Crippen molar-refractivity contribution in [3.63, 3.8) is 0 Å². The molecular weight excluding hydrogens is 295 g/mol. The lowest BCUT2D eigenvalue weighted by Gasteiger charge is -2.10. The van der Waals surface area contributed by atoms with E-state index in [1.165, 1.54) is 6.07 Å². The zero-order valence-electron chi connectivity index (χ0n) is 9.67. The van der Waals surface area contributed by atoms with Crippen molar-refractivity contribution in [2.24, 2.45) is 0 Å². The summed E-state index contributed by atoms with van der Waals surface area (Å²) in [5.41, 5.74) is 2.39. The maximum Gasteiger partial charge on any atom is 0.143 e. The van der Waals surface area contributed by atoms with Gasteiger partial charge in [0.2, 0.25) is 0 Å². The Morgan fingerprint density at radius 3 is 2.67 bits per heavy atom. The Morgan fingerprint density at radius 2 is 2.00 bits per heavy atom. The van der Waals surface area contributed by atoms with Gasteiger partial charge in [-0.05, 0) is 52.7 Å². The van der Waals surface area contributed by atoms with Crippen molar-refractivity contribution in [2.45, 2.75) is 6.92 Å². The van der Waals surface area contributed by atoms with E-state index in [0.29, 0.717) is 5.69 Å². The van der Waals surface area contributed by atoms with E-state index in [0.717, 1.165) is 15.7 Å². The second kappa shape index (κ2) is 5.19. The number of benzene rings is 2. The molecule has 0 amide bonds. The molecule has 0 unspecified atom stereocenters. The first-order valence-corrected chi connectivity index (χ1v) is 6.13. The predicted octanol–water partition coefficient (Wildman–Crippen LogP) is 4.51. The number of nitrogens with zero attached hydrogens (tertiary/aromatic N) is 1. The van der Waals surface area contributed by atoms with E-state index in [1.54, 1.807) is 12.1 Å². The number of rotatable bonds is 2. The second-order valence-corrected chi connectivity index (χ2v) is 4.74. The van der Waals surface area contributed by atoms with Crippen molar-refractivity contribution < 1.29 is 4.39 Å². The van der Waals surface area contributed by atoms with E-state index >= 15 is 0 Å². The van der Waals surface area contributed by atoms with Crippen molar-refractivity contribution in [3.05, 3.63) is 57.8 Å². The first kappa shape index (κ1) is 12.6. The van der Waals surface area contributed by atoms with Crippen LogP contribution >= 0.6 is 15.9 Å². The fourth-order valence-electron chi connectivity index (χ4n) is 1.61. The fraction of sp³-hybridized carbons (Fsp3) is 0.0714. The lowest BCUT2D eigenvalue weighted by Crippen LogP contribution is -1.96. The summed E-state index contributed by atoms with van der Waals surface area (Å²) in [4.78, 5) is 0. The largest absolute Gasteiger partial charge is 0.353 e. The number of nitriles is 1. The average Bonchev–Trinajstić information content (AvgIpc) is 2.33. The van der Waals surface area contributed by atoms with Gasteiger partial charge < -0.3 is 5.32 Å². The van der Waals surface area contributed by atoms with Gasteiger partial charge in [0.25, 0.3) is 0 Å². The molecule has 90 valence electrons. The third-order valence-electron chi connectivity index (χ3n) is 2.52. The van der Waals surface area contributed by atoms with Crippen molar-refractivity contribution in [3.8, 4) is 6.07 Å². The average molecular weight is 305 g/mol. The summed E-state index contributed by atoms with van der Waals surface area (Å²) in [6, 6.07) is 12.2. The summed E-state index contributed by atoms with van der Waals surface area (Å²) >= 11 is 3.43. The number of hydrogen-bond donors (Lipinski definition) is 1. The molecule has 0 heterocycles. The van der Waals surface area contributed by atoms with Crippen LogP contribution in [0, 0.1) is 24.1 Å². The van der Waals surface area contributed by atoms with Gasteiger partial charge in [0.05, 0.1) is 11.4 Å². The SMILES string of the molecule is Cc1ccc(Nc2cccc(F)c2C#N)c(Br)c1. The van der Waals surface area contributed by atoms with Crippen LogP contribution in [0.1, 0.15) is 11.1 Å². The molecule has 4 heteroatoms. The quantitative estimate of drug-likeness (QED) is 0.886. The summed E-state index contributed by atoms with van der Waals surface area (Å²) in [7, 11) is 0. The van der Waals surface area contributed by atoms with Crippen LogP contribution in [0.5, 0.6) is 0 Å². The molecule has 2 aromatic rings. The smallest absolute Gasteiger partial charge is 0.143 e. The Hall–Kier alpha value is -1.86. The zero-order valence-corrected chi connectivity index (χ0v) is 11.3. The van der Waals surface area contributed by atoms with Gasteiger partial charge in [0.1, 0.15) is 17.4 Å². The van der Waals surface area contributed by atoms with E-state index in [2.05, 4.69) is 21.2 Å². The minimum Gasteiger partial charge on any atom is -0.353 e. The number of halogens is 2. The highest BCUT2D eigenvalue weighted by atomic mass is 79.9. The summed E-state index contributed by atoms with van der Waals surface area (Å²) in [5.74, 6) is -0.522. The first-order chi connectivity index (χ1) is 8.61. The Morgan fingerprint density at radius 1 is 1.22 bits per heavy atom. The third kappa shape index (κ3) is 2.52. The van der Waals surface area contributed by atoms with Gasteiger partial charge in [-0.25, -0.2) is 4.39 Å². The van der Waals surface area contributed by atoms with E-state index in [9.17, 15) is 4.39 Å². The van der Waals surface area contributed by atoms with Crippen LogP contribution in [-0.4, -0.2) is 0 Å².